The third-order valence-corrected chi connectivity index (χ3v) is 2.45. The molecule has 0 saturated carbocycles. The first-order valence-corrected chi connectivity index (χ1v) is 5.57. The van der Waals surface area contributed by atoms with Crippen molar-refractivity contribution in [3.8, 4) is 0 Å². The summed E-state index contributed by atoms with van der Waals surface area (Å²) in [5, 5.41) is 16.2. The summed E-state index contributed by atoms with van der Waals surface area (Å²) in [6.45, 7) is 5.99. The Kier molecular flexibility index (Phi) is 5.45. The summed E-state index contributed by atoms with van der Waals surface area (Å²) in [5.41, 5.74) is 2.27. The molecule has 0 saturated heterocycles. The quantitative estimate of drug-likeness (QED) is 0.662. The molecule has 0 spiro atoms. The third kappa shape index (κ3) is 3.92. The van der Waals surface area contributed by atoms with E-state index >= 15 is 0 Å². The summed E-state index contributed by atoms with van der Waals surface area (Å²) in [7, 11) is 1.92. The van der Waals surface area contributed by atoms with Gasteiger partial charge in [0.2, 0.25) is 0 Å². The predicted molar refractivity (Wildman–Crippen MR) is 62.3 cm³/mol. The highest BCUT2D eigenvalue weighted by Gasteiger charge is 2.10. The number of ether oxygens (including phenoxy) is 1. The van der Waals surface area contributed by atoms with Crippen molar-refractivity contribution in [1.82, 2.24) is 15.1 Å². The number of hydrogen-bond donors (Lipinski definition) is 2. The first kappa shape index (κ1) is 13.2. The molecule has 1 heterocycles. The van der Waals surface area contributed by atoms with Crippen LogP contribution in [0.3, 0.4) is 0 Å². The third-order valence-electron chi connectivity index (χ3n) is 2.45. The number of aliphatic hydroxyl groups is 1. The van der Waals surface area contributed by atoms with E-state index in [1.54, 1.807) is 0 Å². The molecule has 92 valence electrons. The maximum absolute atomic E-state index is 8.54. The van der Waals surface area contributed by atoms with E-state index in [4.69, 9.17) is 9.84 Å². The molecule has 5 heteroatoms. The average molecular weight is 227 g/mol. The van der Waals surface area contributed by atoms with E-state index in [9.17, 15) is 0 Å². The molecule has 16 heavy (non-hydrogen) atoms. The molecule has 2 N–H and O–H groups in total. The number of nitrogens with one attached hydrogen (secondary N) is 1. The minimum absolute atomic E-state index is 0.0806. The van der Waals surface area contributed by atoms with Crippen molar-refractivity contribution in [2.75, 3.05) is 26.4 Å². The second-order valence-corrected chi connectivity index (χ2v) is 3.86. The van der Waals surface area contributed by atoms with Gasteiger partial charge in [0, 0.05) is 31.4 Å². The van der Waals surface area contributed by atoms with E-state index in [0.717, 1.165) is 12.2 Å². The molecular weight excluding hydrogens is 206 g/mol. The maximum atomic E-state index is 8.54. The summed E-state index contributed by atoms with van der Waals surface area (Å²) in [4.78, 5) is 0. The zero-order chi connectivity index (χ0) is 12.0. The Hall–Kier alpha value is -0.910. The molecule has 1 aromatic rings. The van der Waals surface area contributed by atoms with Gasteiger partial charge in [-0.15, -0.1) is 0 Å². The van der Waals surface area contributed by atoms with Gasteiger partial charge in [-0.25, -0.2) is 0 Å². The Balaban J connectivity index is 2.29. The van der Waals surface area contributed by atoms with E-state index in [0.29, 0.717) is 13.2 Å². The van der Waals surface area contributed by atoms with Gasteiger partial charge in [-0.1, -0.05) is 0 Å². The molecule has 1 aromatic heterocycles. The zero-order valence-electron chi connectivity index (χ0n) is 10.2. The number of hydrogen-bond acceptors (Lipinski definition) is 4. The Morgan fingerprint density at radius 3 is 2.88 bits per heavy atom. The van der Waals surface area contributed by atoms with Gasteiger partial charge in [-0.3, -0.25) is 4.68 Å². The second kappa shape index (κ2) is 6.62. The molecule has 0 aliphatic rings. The highest BCUT2D eigenvalue weighted by atomic mass is 16.5. The summed E-state index contributed by atoms with van der Waals surface area (Å²) < 4.78 is 7.00. The number of aryl methyl sites for hydroxylation is 2. The van der Waals surface area contributed by atoms with E-state index in [1.165, 1.54) is 5.56 Å². The lowest BCUT2D eigenvalue weighted by Crippen LogP contribution is -2.24. The average Bonchev–Trinajstić information content (AvgIpc) is 2.57. The summed E-state index contributed by atoms with van der Waals surface area (Å²) in [5.74, 6) is 0. The minimum atomic E-state index is 0.0806. The van der Waals surface area contributed by atoms with Crippen molar-refractivity contribution in [3.05, 3.63) is 17.5 Å². The van der Waals surface area contributed by atoms with Crippen molar-refractivity contribution < 1.29 is 9.84 Å². The highest BCUT2D eigenvalue weighted by Crippen LogP contribution is 2.14. The fraction of sp³-hybridized carbons (Fsp3) is 0.727. The lowest BCUT2D eigenvalue weighted by molar-refractivity contribution is 0.0928. The van der Waals surface area contributed by atoms with Crippen LogP contribution in [0.1, 0.15) is 24.2 Å². The molecule has 1 atom stereocenters. The molecule has 0 aliphatic heterocycles. The fourth-order valence-corrected chi connectivity index (χ4v) is 1.67. The normalized spacial score (nSPS) is 13.0. The van der Waals surface area contributed by atoms with Gasteiger partial charge in [0.25, 0.3) is 0 Å². The lowest BCUT2D eigenvalue weighted by atomic mass is 10.1. The number of aromatic nitrogens is 2. The van der Waals surface area contributed by atoms with Gasteiger partial charge in [-0.05, 0) is 13.8 Å². The molecule has 0 bridgehead atoms. The summed E-state index contributed by atoms with van der Waals surface area (Å²) in [6, 6.07) is 0.270. The van der Waals surface area contributed by atoms with E-state index in [2.05, 4.69) is 17.3 Å². The van der Waals surface area contributed by atoms with Crippen LogP contribution in [-0.4, -0.2) is 41.3 Å². The summed E-state index contributed by atoms with van der Waals surface area (Å²) >= 11 is 0. The molecule has 0 aromatic carbocycles. The Bertz CT molecular complexity index is 312. The SMILES string of the molecule is Cc1nn(C)cc1C(C)NCCOCCO. The molecule has 0 aliphatic carbocycles. The number of aliphatic hydroxyl groups excluding tert-OH is 1. The van der Waals surface area contributed by atoms with Crippen LogP contribution in [-0.2, 0) is 11.8 Å². The highest BCUT2D eigenvalue weighted by molar-refractivity contribution is 5.19. The molecule has 0 amide bonds. The maximum Gasteiger partial charge on any atom is 0.0698 e. The van der Waals surface area contributed by atoms with Crippen LogP contribution in [0.2, 0.25) is 0 Å². The van der Waals surface area contributed by atoms with Crippen LogP contribution in [0.15, 0.2) is 6.20 Å². The minimum Gasteiger partial charge on any atom is -0.394 e. The first-order chi connectivity index (χ1) is 7.65. The van der Waals surface area contributed by atoms with Crippen LogP contribution in [0.4, 0.5) is 0 Å². The van der Waals surface area contributed by atoms with Crippen molar-refractivity contribution in [2.45, 2.75) is 19.9 Å². The molecule has 0 radical (unpaired) electrons. The summed E-state index contributed by atoms with van der Waals surface area (Å²) in [6.07, 6.45) is 2.03. The molecular formula is C11H21N3O2. The Morgan fingerprint density at radius 2 is 2.31 bits per heavy atom. The van der Waals surface area contributed by atoms with E-state index in [-0.39, 0.29) is 12.6 Å². The monoisotopic (exact) mass is 227 g/mol. The van der Waals surface area contributed by atoms with Crippen LogP contribution >= 0.6 is 0 Å². The van der Waals surface area contributed by atoms with Crippen LogP contribution < -0.4 is 5.32 Å². The van der Waals surface area contributed by atoms with Crippen molar-refractivity contribution >= 4 is 0 Å². The lowest BCUT2D eigenvalue weighted by Gasteiger charge is -2.12. The van der Waals surface area contributed by atoms with Gasteiger partial charge >= 0.3 is 0 Å². The van der Waals surface area contributed by atoms with Crippen LogP contribution in [0.5, 0.6) is 0 Å². The Morgan fingerprint density at radius 1 is 1.56 bits per heavy atom. The van der Waals surface area contributed by atoms with Gasteiger partial charge in [0.15, 0.2) is 0 Å². The van der Waals surface area contributed by atoms with Gasteiger partial charge in [0.1, 0.15) is 0 Å². The van der Waals surface area contributed by atoms with Gasteiger partial charge in [-0.2, -0.15) is 5.10 Å². The first-order valence-electron chi connectivity index (χ1n) is 5.57. The molecule has 5 nitrogen and oxygen atoms in total. The zero-order valence-corrected chi connectivity index (χ0v) is 10.2. The van der Waals surface area contributed by atoms with Crippen molar-refractivity contribution in [3.63, 3.8) is 0 Å². The second-order valence-electron chi connectivity index (χ2n) is 3.86. The molecule has 0 fully saturated rings. The van der Waals surface area contributed by atoms with E-state index < -0.39 is 0 Å². The molecule has 1 unspecified atom stereocenters. The van der Waals surface area contributed by atoms with Crippen LogP contribution in [0, 0.1) is 6.92 Å². The fourth-order valence-electron chi connectivity index (χ4n) is 1.67. The predicted octanol–water partition coefficient (Wildman–Crippen LogP) is 0.388. The molecule has 1 rings (SSSR count). The van der Waals surface area contributed by atoms with Crippen LogP contribution in [0.25, 0.3) is 0 Å². The standard InChI is InChI=1S/C11H21N3O2/c1-9(12-4-6-16-7-5-15)11-8-14(3)13-10(11)2/h8-9,12,15H,4-7H2,1-3H3. The van der Waals surface area contributed by atoms with Crippen molar-refractivity contribution in [2.24, 2.45) is 7.05 Å². The smallest absolute Gasteiger partial charge is 0.0698 e. The topological polar surface area (TPSA) is 59.3 Å². The largest absolute Gasteiger partial charge is 0.394 e. The van der Waals surface area contributed by atoms with E-state index in [1.807, 2.05) is 24.9 Å². The Labute approximate surface area is 96.4 Å². The van der Waals surface area contributed by atoms with Crippen molar-refractivity contribution in [1.29, 1.82) is 0 Å². The number of nitrogens with zero attached hydrogens (tertiary/aromatic N) is 2. The van der Waals surface area contributed by atoms with Gasteiger partial charge < -0.3 is 15.2 Å². The van der Waals surface area contributed by atoms with Gasteiger partial charge in [0.05, 0.1) is 25.5 Å². The number of rotatable bonds is 7.